The van der Waals surface area contributed by atoms with Gasteiger partial charge in [-0.05, 0) is 42.8 Å². The molecule has 0 unspecified atom stereocenters. The summed E-state index contributed by atoms with van der Waals surface area (Å²) in [6, 6.07) is 9.12. The van der Waals surface area contributed by atoms with Gasteiger partial charge in [0.15, 0.2) is 0 Å². The van der Waals surface area contributed by atoms with E-state index >= 15 is 0 Å². The summed E-state index contributed by atoms with van der Waals surface area (Å²) < 4.78 is 15.1. The molecule has 1 aromatic carbocycles. The molecule has 1 radical (unpaired) electrons. The van der Waals surface area contributed by atoms with Crippen LogP contribution in [0.4, 0.5) is 4.39 Å². The monoisotopic (exact) mass is 216 g/mol. The number of aromatic nitrogens is 1. The summed E-state index contributed by atoms with van der Waals surface area (Å²) in [7, 11) is 1.64. The van der Waals surface area contributed by atoms with Crippen molar-refractivity contribution in [3.63, 3.8) is 0 Å². The fourth-order valence-corrected chi connectivity index (χ4v) is 1.57. The molecule has 81 valence electrons. The lowest BCUT2D eigenvalue weighted by Gasteiger charge is -2.05. The average Bonchev–Trinajstić information content (AvgIpc) is 2.23. The van der Waals surface area contributed by atoms with E-state index in [1.54, 1.807) is 32.3 Å². The fourth-order valence-electron chi connectivity index (χ4n) is 1.57. The molecule has 0 bridgehead atoms. The highest BCUT2D eigenvalue weighted by molar-refractivity contribution is 5.63. The van der Waals surface area contributed by atoms with Crippen LogP contribution in [0.5, 0.6) is 0 Å². The summed E-state index contributed by atoms with van der Waals surface area (Å²) in [6.07, 6.45) is 1.64. The van der Waals surface area contributed by atoms with Crippen LogP contribution in [0.25, 0.3) is 11.1 Å². The smallest absolute Gasteiger partial charge is 0.258 e. The van der Waals surface area contributed by atoms with Crippen molar-refractivity contribution in [3.8, 4) is 11.1 Å². The molecular weight excluding hydrogens is 205 g/mol. The Hall–Kier alpha value is -1.90. The fraction of sp³-hybridized carbons (Fsp3) is 0.154. The summed E-state index contributed by atoms with van der Waals surface area (Å²) in [5.74, 6) is -0.389. The zero-order chi connectivity index (χ0) is 11.7. The topological polar surface area (TPSA) is 22.0 Å². The van der Waals surface area contributed by atoms with Crippen molar-refractivity contribution in [2.24, 2.45) is 7.05 Å². The van der Waals surface area contributed by atoms with Gasteiger partial charge in [0.1, 0.15) is 5.82 Å². The molecule has 0 N–H and O–H groups in total. The molecule has 0 fully saturated rings. The van der Waals surface area contributed by atoms with E-state index in [2.05, 4.69) is 6.07 Å². The van der Waals surface area contributed by atoms with Gasteiger partial charge in [0.25, 0.3) is 5.56 Å². The van der Waals surface area contributed by atoms with Crippen LogP contribution in [-0.4, -0.2) is 4.57 Å². The van der Waals surface area contributed by atoms with Gasteiger partial charge in [-0.3, -0.25) is 4.79 Å². The van der Waals surface area contributed by atoms with Crippen LogP contribution in [0.1, 0.15) is 5.56 Å². The van der Waals surface area contributed by atoms with E-state index in [-0.39, 0.29) is 11.4 Å². The minimum absolute atomic E-state index is 0.210. The van der Waals surface area contributed by atoms with Gasteiger partial charge in [-0.2, -0.15) is 0 Å². The first-order chi connectivity index (χ1) is 7.59. The summed E-state index contributed by atoms with van der Waals surface area (Å²) >= 11 is 0. The van der Waals surface area contributed by atoms with Crippen LogP contribution in [0.2, 0.25) is 0 Å². The number of hydrogen-bond donors (Lipinski definition) is 0. The molecule has 0 aliphatic rings. The van der Waals surface area contributed by atoms with Crippen molar-refractivity contribution >= 4 is 0 Å². The van der Waals surface area contributed by atoms with Crippen LogP contribution in [0.3, 0.4) is 0 Å². The van der Waals surface area contributed by atoms with Crippen molar-refractivity contribution in [2.45, 2.75) is 6.92 Å². The second-order valence-electron chi connectivity index (χ2n) is 3.72. The first-order valence-electron chi connectivity index (χ1n) is 4.93. The van der Waals surface area contributed by atoms with Crippen molar-refractivity contribution in [2.75, 3.05) is 0 Å². The molecule has 0 aliphatic heterocycles. The second kappa shape index (κ2) is 3.93. The lowest BCUT2D eigenvalue weighted by Crippen LogP contribution is -2.17. The lowest BCUT2D eigenvalue weighted by molar-refractivity contribution is 0.629. The maximum Gasteiger partial charge on any atom is 0.258 e. The first-order valence-corrected chi connectivity index (χ1v) is 4.93. The predicted octanol–water partition coefficient (Wildman–Crippen LogP) is 2.30. The highest BCUT2D eigenvalue weighted by Crippen LogP contribution is 2.19. The summed E-state index contributed by atoms with van der Waals surface area (Å²) in [5.41, 5.74) is 1.17. The average molecular weight is 216 g/mol. The normalized spacial score (nSPS) is 10.4. The van der Waals surface area contributed by atoms with E-state index in [1.165, 1.54) is 16.7 Å². The number of nitrogens with zero attached hydrogens (tertiary/aromatic N) is 1. The van der Waals surface area contributed by atoms with Gasteiger partial charge in [-0.1, -0.05) is 0 Å². The molecule has 0 amide bonds. The minimum atomic E-state index is -0.389. The highest BCUT2D eigenvalue weighted by Gasteiger charge is 2.09. The molecule has 0 atom stereocenters. The van der Waals surface area contributed by atoms with Crippen molar-refractivity contribution < 1.29 is 4.39 Å². The van der Waals surface area contributed by atoms with E-state index in [4.69, 9.17) is 0 Å². The molecule has 3 heteroatoms. The van der Waals surface area contributed by atoms with Crippen LogP contribution < -0.4 is 5.56 Å². The number of hydrogen-bond acceptors (Lipinski definition) is 1. The molecular formula is C13H11FNO. The van der Waals surface area contributed by atoms with E-state index in [0.29, 0.717) is 16.7 Å². The van der Waals surface area contributed by atoms with Crippen LogP contribution >= 0.6 is 0 Å². The predicted molar refractivity (Wildman–Crippen MR) is 60.7 cm³/mol. The van der Waals surface area contributed by atoms with Gasteiger partial charge in [0, 0.05) is 18.8 Å². The van der Waals surface area contributed by atoms with Gasteiger partial charge in [-0.15, -0.1) is 0 Å². The quantitative estimate of drug-likeness (QED) is 0.717. The number of aryl methyl sites for hydroxylation is 2. The Morgan fingerprint density at radius 2 is 2.12 bits per heavy atom. The van der Waals surface area contributed by atoms with Gasteiger partial charge < -0.3 is 4.57 Å². The maximum atomic E-state index is 13.7. The largest absolute Gasteiger partial charge is 0.318 e. The molecule has 0 aliphatic carbocycles. The number of rotatable bonds is 1. The SMILES string of the molecule is Cc1[c]cc(-c2cccn(C)c2=O)c(F)c1. The van der Waals surface area contributed by atoms with E-state index in [1.807, 2.05) is 0 Å². The van der Waals surface area contributed by atoms with Gasteiger partial charge in [-0.25, -0.2) is 4.39 Å². The maximum absolute atomic E-state index is 13.7. The molecule has 0 saturated heterocycles. The third kappa shape index (κ3) is 1.76. The Morgan fingerprint density at radius 3 is 2.81 bits per heavy atom. The molecule has 2 aromatic rings. The molecule has 1 aromatic heterocycles. The third-order valence-corrected chi connectivity index (χ3v) is 2.46. The Kier molecular flexibility index (Phi) is 2.60. The molecule has 2 rings (SSSR count). The Morgan fingerprint density at radius 1 is 1.38 bits per heavy atom. The van der Waals surface area contributed by atoms with E-state index in [9.17, 15) is 9.18 Å². The summed E-state index contributed by atoms with van der Waals surface area (Å²) in [5, 5.41) is 0. The standard InChI is InChI=1S/C13H11FNO/c1-9-5-6-10(12(14)8-9)11-4-3-7-15(2)13(11)16/h3-4,6-8H,1-2H3. The van der Waals surface area contributed by atoms with Crippen molar-refractivity contribution in [1.82, 2.24) is 4.57 Å². The molecule has 0 saturated carbocycles. The van der Waals surface area contributed by atoms with Crippen molar-refractivity contribution in [3.05, 3.63) is 58.3 Å². The lowest BCUT2D eigenvalue weighted by atomic mass is 10.1. The van der Waals surface area contributed by atoms with E-state index in [0.717, 1.165) is 0 Å². The van der Waals surface area contributed by atoms with Gasteiger partial charge in [0.05, 0.1) is 5.56 Å². The minimum Gasteiger partial charge on any atom is -0.318 e. The van der Waals surface area contributed by atoms with Gasteiger partial charge >= 0.3 is 0 Å². The number of benzene rings is 1. The Balaban J connectivity index is 2.68. The molecule has 2 nitrogen and oxygen atoms in total. The summed E-state index contributed by atoms with van der Waals surface area (Å²) in [4.78, 5) is 11.8. The molecule has 16 heavy (non-hydrogen) atoms. The third-order valence-electron chi connectivity index (χ3n) is 2.46. The van der Waals surface area contributed by atoms with Gasteiger partial charge in [0.2, 0.25) is 0 Å². The highest BCUT2D eigenvalue weighted by atomic mass is 19.1. The number of halogens is 1. The first kappa shape index (κ1) is 10.6. The Bertz CT molecular complexity index is 587. The molecule has 1 heterocycles. The van der Waals surface area contributed by atoms with E-state index < -0.39 is 0 Å². The zero-order valence-electron chi connectivity index (χ0n) is 9.12. The van der Waals surface area contributed by atoms with Crippen LogP contribution in [0.15, 0.2) is 35.3 Å². The second-order valence-corrected chi connectivity index (χ2v) is 3.72. The zero-order valence-corrected chi connectivity index (χ0v) is 9.12. The molecule has 0 spiro atoms. The summed E-state index contributed by atoms with van der Waals surface area (Å²) in [6.45, 7) is 1.76. The van der Waals surface area contributed by atoms with Crippen LogP contribution in [-0.2, 0) is 7.05 Å². The van der Waals surface area contributed by atoms with Crippen LogP contribution in [0, 0.1) is 18.8 Å². The van der Waals surface area contributed by atoms with Crippen molar-refractivity contribution in [1.29, 1.82) is 0 Å². The number of pyridine rings is 1. The Labute approximate surface area is 93.0 Å².